The summed E-state index contributed by atoms with van der Waals surface area (Å²) in [5, 5.41) is 7.27. The van der Waals surface area contributed by atoms with Crippen LogP contribution in [0.1, 0.15) is 28.9 Å². The first kappa shape index (κ1) is 16.0. The van der Waals surface area contributed by atoms with Crippen molar-refractivity contribution in [2.45, 2.75) is 33.2 Å². The smallest absolute Gasteiger partial charge is 0.220 e. The minimum Gasteiger partial charge on any atom is -0.481 e. The predicted octanol–water partition coefficient (Wildman–Crippen LogP) is 1.69. The van der Waals surface area contributed by atoms with Crippen molar-refractivity contribution in [2.75, 3.05) is 7.11 Å². The molecule has 0 unspecified atom stereocenters. The van der Waals surface area contributed by atoms with Crippen molar-refractivity contribution in [3.8, 4) is 5.88 Å². The number of aromatic nitrogens is 3. The van der Waals surface area contributed by atoms with Crippen LogP contribution in [0.5, 0.6) is 5.88 Å². The second-order valence-electron chi connectivity index (χ2n) is 5.22. The molecule has 1 N–H and O–H groups in total. The van der Waals surface area contributed by atoms with Crippen LogP contribution in [0.25, 0.3) is 0 Å². The molecule has 0 bridgehead atoms. The number of rotatable bonds is 6. The fourth-order valence-electron chi connectivity index (χ4n) is 2.44. The Labute approximate surface area is 130 Å². The maximum Gasteiger partial charge on any atom is 0.220 e. The molecule has 0 aliphatic carbocycles. The molecule has 2 aromatic heterocycles. The van der Waals surface area contributed by atoms with Gasteiger partial charge < -0.3 is 10.1 Å². The van der Waals surface area contributed by atoms with Crippen molar-refractivity contribution in [1.29, 1.82) is 0 Å². The number of carbonyl (C=O) groups is 1. The van der Waals surface area contributed by atoms with Crippen LogP contribution in [0.2, 0.25) is 0 Å². The number of nitrogens with zero attached hydrogens (tertiary/aromatic N) is 3. The Morgan fingerprint density at radius 3 is 2.82 bits per heavy atom. The normalized spacial score (nSPS) is 10.5. The van der Waals surface area contributed by atoms with Crippen LogP contribution in [0.3, 0.4) is 0 Å². The molecular formula is C16H22N4O2. The Hall–Kier alpha value is -2.37. The fourth-order valence-corrected chi connectivity index (χ4v) is 2.44. The van der Waals surface area contributed by atoms with E-state index in [0.717, 1.165) is 22.5 Å². The molecule has 0 aromatic carbocycles. The maximum atomic E-state index is 12.0. The second kappa shape index (κ2) is 7.06. The largest absolute Gasteiger partial charge is 0.481 e. The van der Waals surface area contributed by atoms with E-state index >= 15 is 0 Å². The maximum absolute atomic E-state index is 12.0. The third-order valence-corrected chi connectivity index (χ3v) is 3.78. The quantitative estimate of drug-likeness (QED) is 0.881. The van der Waals surface area contributed by atoms with Crippen molar-refractivity contribution in [3.63, 3.8) is 0 Å². The molecule has 6 nitrogen and oxygen atoms in total. The summed E-state index contributed by atoms with van der Waals surface area (Å²) in [6.45, 7) is 4.41. The highest BCUT2D eigenvalue weighted by molar-refractivity contribution is 5.76. The topological polar surface area (TPSA) is 69.0 Å². The summed E-state index contributed by atoms with van der Waals surface area (Å²) in [5.41, 5.74) is 4.12. The second-order valence-corrected chi connectivity index (χ2v) is 5.22. The molecule has 0 fully saturated rings. The molecule has 6 heteroatoms. The van der Waals surface area contributed by atoms with Gasteiger partial charge in [0, 0.05) is 37.5 Å². The Morgan fingerprint density at radius 1 is 1.41 bits per heavy atom. The van der Waals surface area contributed by atoms with Crippen LogP contribution in [-0.2, 0) is 24.8 Å². The van der Waals surface area contributed by atoms with E-state index in [9.17, 15) is 4.79 Å². The molecule has 0 spiro atoms. The molecule has 2 aromatic rings. The molecule has 2 rings (SSSR count). The first-order valence-electron chi connectivity index (χ1n) is 7.26. The predicted molar refractivity (Wildman–Crippen MR) is 83.6 cm³/mol. The van der Waals surface area contributed by atoms with Crippen molar-refractivity contribution in [1.82, 2.24) is 20.1 Å². The van der Waals surface area contributed by atoms with Gasteiger partial charge in [0.2, 0.25) is 11.8 Å². The Bertz CT molecular complexity index is 664. The lowest BCUT2D eigenvalue weighted by Crippen LogP contribution is -2.23. The Morgan fingerprint density at radius 2 is 2.18 bits per heavy atom. The summed E-state index contributed by atoms with van der Waals surface area (Å²) in [4.78, 5) is 16.1. The first-order valence-corrected chi connectivity index (χ1v) is 7.26. The lowest BCUT2D eigenvalue weighted by Gasteiger charge is -2.08. The van der Waals surface area contributed by atoms with Crippen molar-refractivity contribution < 1.29 is 9.53 Å². The van der Waals surface area contributed by atoms with Gasteiger partial charge in [-0.15, -0.1) is 0 Å². The molecular weight excluding hydrogens is 280 g/mol. The average molecular weight is 302 g/mol. The minimum absolute atomic E-state index is 0.00793. The number of methoxy groups -OCH3 is 1. The van der Waals surface area contributed by atoms with Crippen LogP contribution < -0.4 is 10.1 Å². The summed E-state index contributed by atoms with van der Waals surface area (Å²) < 4.78 is 7.02. The van der Waals surface area contributed by atoms with Crippen LogP contribution in [0, 0.1) is 13.8 Å². The van der Waals surface area contributed by atoms with E-state index in [0.29, 0.717) is 25.3 Å². The molecule has 0 saturated heterocycles. The first-order chi connectivity index (χ1) is 10.5. The summed E-state index contributed by atoms with van der Waals surface area (Å²) in [5.74, 6) is 0.551. The number of ether oxygens (including phenoxy) is 1. The van der Waals surface area contributed by atoms with Crippen LogP contribution in [-0.4, -0.2) is 27.8 Å². The van der Waals surface area contributed by atoms with E-state index in [-0.39, 0.29) is 5.91 Å². The highest BCUT2D eigenvalue weighted by Gasteiger charge is 2.12. The molecule has 0 aliphatic heterocycles. The third kappa shape index (κ3) is 3.63. The van der Waals surface area contributed by atoms with E-state index in [4.69, 9.17) is 4.74 Å². The number of hydrogen-bond donors (Lipinski definition) is 1. The molecule has 0 atom stereocenters. The van der Waals surface area contributed by atoms with Gasteiger partial charge in [0.25, 0.3) is 0 Å². The molecule has 118 valence electrons. The van der Waals surface area contributed by atoms with E-state index < -0.39 is 0 Å². The van der Waals surface area contributed by atoms with Gasteiger partial charge in [0.15, 0.2) is 0 Å². The zero-order valence-corrected chi connectivity index (χ0v) is 13.5. The van der Waals surface area contributed by atoms with Crippen LogP contribution in [0.4, 0.5) is 0 Å². The number of carbonyl (C=O) groups excluding carboxylic acids is 1. The Balaban J connectivity index is 1.88. The van der Waals surface area contributed by atoms with Crippen molar-refractivity contribution in [2.24, 2.45) is 7.05 Å². The van der Waals surface area contributed by atoms with Crippen LogP contribution >= 0.6 is 0 Å². The number of hydrogen-bond acceptors (Lipinski definition) is 4. The fraction of sp³-hybridized carbons (Fsp3) is 0.438. The van der Waals surface area contributed by atoms with Gasteiger partial charge in [-0.2, -0.15) is 5.10 Å². The van der Waals surface area contributed by atoms with Crippen LogP contribution in [0.15, 0.2) is 18.3 Å². The number of aryl methyl sites for hydroxylation is 2. The Kier molecular flexibility index (Phi) is 5.14. The van der Waals surface area contributed by atoms with Gasteiger partial charge >= 0.3 is 0 Å². The standard InChI is InChI=1S/C16H22N4O2/c1-11-14(12(2)20(3)19-11)7-8-15(21)18-10-13-6-5-9-17-16(13)22-4/h5-6,9H,7-8,10H2,1-4H3,(H,18,21). The highest BCUT2D eigenvalue weighted by Crippen LogP contribution is 2.15. The zero-order chi connectivity index (χ0) is 16.1. The monoisotopic (exact) mass is 302 g/mol. The van der Waals surface area contributed by atoms with Gasteiger partial charge in [0.1, 0.15) is 0 Å². The SMILES string of the molecule is COc1ncccc1CNC(=O)CCc1c(C)nn(C)c1C. The van der Waals surface area contributed by atoms with E-state index in [1.54, 1.807) is 13.3 Å². The van der Waals surface area contributed by atoms with E-state index in [2.05, 4.69) is 15.4 Å². The molecule has 0 radical (unpaired) electrons. The third-order valence-electron chi connectivity index (χ3n) is 3.78. The molecule has 2 heterocycles. The van der Waals surface area contributed by atoms with Gasteiger partial charge in [-0.1, -0.05) is 6.07 Å². The van der Waals surface area contributed by atoms with E-state index in [1.807, 2.05) is 37.7 Å². The van der Waals surface area contributed by atoms with Gasteiger partial charge in [-0.3, -0.25) is 9.48 Å². The van der Waals surface area contributed by atoms with Gasteiger partial charge in [-0.05, 0) is 31.9 Å². The van der Waals surface area contributed by atoms with Crippen molar-refractivity contribution >= 4 is 5.91 Å². The number of pyridine rings is 1. The summed E-state index contributed by atoms with van der Waals surface area (Å²) in [6, 6.07) is 3.72. The lowest BCUT2D eigenvalue weighted by molar-refractivity contribution is -0.121. The molecule has 0 saturated carbocycles. The highest BCUT2D eigenvalue weighted by atomic mass is 16.5. The summed E-state index contributed by atoms with van der Waals surface area (Å²) in [6.07, 6.45) is 2.80. The van der Waals surface area contributed by atoms with Crippen molar-refractivity contribution in [3.05, 3.63) is 40.8 Å². The minimum atomic E-state index is 0.00793. The van der Waals surface area contributed by atoms with Gasteiger partial charge in [0.05, 0.1) is 12.8 Å². The molecule has 0 aliphatic rings. The summed E-state index contributed by atoms with van der Waals surface area (Å²) in [7, 11) is 3.49. The molecule has 22 heavy (non-hydrogen) atoms. The average Bonchev–Trinajstić information content (AvgIpc) is 2.76. The number of nitrogens with one attached hydrogen (secondary N) is 1. The lowest BCUT2D eigenvalue weighted by atomic mass is 10.1. The number of amides is 1. The zero-order valence-electron chi connectivity index (χ0n) is 13.5. The van der Waals surface area contributed by atoms with Gasteiger partial charge in [-0.25, -0.2) is 4.98 Å². The molecule has 1 amide bonds. The van der Waals surface area contributed by atoms with E-state index in [1.165, 1.54) is 0 Å². The summed E-state index contributed by atoms with van der Waals surface area (Å²) >= 11 is 0.